The van der Waals surface area contributed by atoms with Gasteiger partial charge in [-0.05, 0) is 65.9 Å². The highest BCUT2D eigenvalue weighted by Gasteiger charge is 2.28. The lowest BCUT2D eigenvalue weighted by Crippen LogP contribution is -2.16. The average Bonchev–Trinajstić information content (AvgIpc) is 3.31. The van der Waals surface area contributed by atoms with E-state index in [0.29, 0.717) is 51.4 Å². The number of Topliss-reactive ketones (excluding diaryl/α,β-unsaturated/α-hetero) is 1. The maximum absolute atomic E-state index is 13.4. The molecule has 1 aliphatic rings. The minimum atomic E-state index is -0.544. The van der Waals surface area contributed by atoms with Crippen molar-refractivity contribution in [3.05, 3.63) is 99.7 Å². The summed E-state index contributed by atoms with van der Waals surface area (Å²) in [6.45, 7) is -0.376. The number of carbonyl (C=O) groups excluding carboxylic acids is 2. The van der Waals surface area contributed by atoms with E-state index in [1.54, 1.807) is 38.5 Å². The maximum Gasteiger partial charge on any atom is 0.339 e. The number of fused-ring (bicyclic) bond motifs is 2. The third-order valence-corrected chi connectivity index (χ3v) is 6.61. The third kappa shape index (κ3) is 4.93. The fraction of sp³-hybridized carbons (Fsp3) is 0.167. The summed E-state index contributed by atoms with van der Waals surface area (Å²) in [6.07, 6.45) is 3.40. The first-order chi connectivity index (χ1) is 18.0. The van der Waals surface area contributed by atoms with Crippen LogP contribution in [-0.4, -0.2) is 37.6 Å². The molecule has 5 rings (SSSR count). The van der Waals surface area contributed by atoms with Crippen molar-refractivity contribution >= 4 is 45.9 Å². The van der Waals surface area contributed by atoms with Crippen LogP contribution in [0.25, 0.3) is 22.6 Å². The van der Waals surface area contributed by atoms with Crippen molar-refractivity contribution in [1.82, 2.24) is 4.98 Å². The number of aromatic nitrogens is 1. The highest BCUT2D eigenvalue weighted by Crippen LogP contribution is 2.38. The second kappa shape index (κ2) is 10.4. The first kappa shape index (κ1) is 24.5. The van der Waals surface area contributed by atoms with Crippen LogP contribution in [0.5, 0.6) is 11.5 Å². The van der Waals surface area contributed by atoms with Crippen LogP contribution in [0.15, 0.2) is 66.7 Å². The molecule has 0 atom stereocenters. The highest BCUT2D eigenvalue weighted by molar-refractivity contribution is 6.31. The second-order valence-corrected chi connectivity index (χ2v) is 9.06. The molecule has 37 heavy (non-hydrogen) atoms. The molecular formula is C30H24ClNO5. The van der Waals surface area contributed by atoms with Crippen LogP contribution in [0.1, 0.15) is 44.0 Å². The quantitative estimate of drug-likeness (QED) is 0.209. The number of ether oxygens (including phenoxy) is 3. The zero-order valence-corrected chi connectivity index (χ0v) is 21.2. The maximum atomic E-state index is 13.4. The topological polar surface area (TPSA) is 74.7 Å². The predicted molar refractivity (Wildman–Crippen MR) is 144 cm³/mol. The summed E-state index contributed by atoms with van der Waals surface area (Å²) in [5.74, 6) is 0.422. The van der Waals surface area contributed by atoms with E-state index in [0.717, 1.165) is 22.4 Å². The molecule has 0 bridgehead atoms. The number of methoxy groups -OCH3 is 2. The fourth-order valence-electron chi connectivity index (χ4n) is 4.60. The van der Waals surface area contributed by atoms with E-state index in [4.69, 9.17) is 30.8 Å². The Bertz CT molecular complexity index is 1560. The molecule has 3 aromatic carbocycles. The van der Waals surface area contributed by atoms with Gasteiger partial charge in [-0.15, -0.1) is 0 Å². The van der Waals surface area contributed by atoms with Crippen LogP contribution < -0.4 is 9.47 Å². The lowest BCUT2D eigenvalue weighted by atomic mass is 10.0. The zero-order chi connectivity index (χ0) is 25.9. The van der Waals surface area contributed by atoms with Crippen molar-refractivity contribution in [1.29, 1.82) is 0 Å². The van der Waals surface area contributed by atoms with Crippen LogP contribution in [-0.2, 0) is 11.2 Å². The number of pyridine rings is 1. The molecule has 1 heterocycles. The van der Waals surface area contributed by atoms with Crippen LogP contribution >= 0.6 is 11.6 Å². The Kier molecular flexibility index (Phi) is 6.93. The number of carbonyl (C=O) groups is 2. The van der Waals surface area contributed by atoms with Gasteiger partial charge < -0.3 is 14.2 Å². The van der Waals surface area contributed by atoms with E-state index < -0.39 is 5.97 Å². The van der Waals surface area contributed by atoms with Crippen LogP contribution in [0.2, 0.25) is 5.02 Å². The minimum Gasteiger partial charge on any atom is -0.493 e. The number of hydrogen-bond acceptors (Lipinski definition) is 6. The number of esters is 1. The zero-order valence-electron chi connectivity index (χ0n) is 20.4. The molecule has 0 amide bonds. The van der Waals surface area contributed by atoms with Crippen molar-refractivity contribution in [2.75, 3.05) is 20.8 Å². The molecule has 186 valence electrons. The summed E-state index contributed by atoms with van der Waals surface area (Å²) in [5, 5.41) is 1.15. The molecule has 0 radical (unpaired) electrons. The second-order valence-electron chi connectivity index (χ2n) is 8.62. The Labute approximate surface area is 219 Å². The van der Waals surface area contributed by atoms with Crippen molar-refractivity contribution in [3.63, 3.8) is 0 Å². The molecule has 0 fully saturated rings. The molecule has 0 saturated carbocycles. The van der Waals surface area contributed by atoms with Crippen molar-refractivity contribution in [2.24, 2.45) is 0 Å². The van der Waals surface area contributed by atoms with E-state index in [9.17, 15) is 9.59 Å². The molecule has 0 spiro atoms. The van der Waals surface area contributed by atoms with Crippen LogP contribution in [0.3, 0.4) is 0 Å². The molecule has 0 saturated heterocycles. The Morgan fingerprint density at radius 1 is 0.946 bits per heavy atom. The van der Waals surface area contributed by atoms with E-state index in [1.807, 2.05) is 48.5 Å². The van der Waals surface area contributed by atoms with Crippen LogP contribution in [0.4, 0.5) is 0 Å². The summed E-state index contributed by atoms with van der Waals surface area (Å²) < 4.78 is 16.3. The van der Waals surface area contributed by atoms with Crippen molar-refractivity contribution in [3.8, 4) is 11.5 Å². The van der Waals surface area contributed by atoms with E-state index in [-0.39, 0.29) is 12.4 Å². The molecule has 1 aliphatic carbocycles. The largest absolute Gasteiger partial charge is 0.493 e. The van der Waals surface area contributed by atoms with Gasteiger partial charge in [-0.25, -0.2) is 9.78 Å². The Morgan fingerprint density at radius 2 is 1.76 bits per heavy atom. The first-order valence-corrected chi connectivity index (χ1v) is 12.2. The van der Waals surface area contributed by atoms with Gasteiger partial charge in [0.1, 0.15) is 0 Å². The monoisotopic (exact) mass is 513 g/mol. The average molecular weight is 514 g/mol. The van der Waals surface area contributed by atoms with Gasteiger partial charge in [0.15, 0.2) is 23.9 Å². The number of allylic oxidation sites excluding steroid dienone is 1. The van der Waals surface area contributed by atoms with Gasteiger partial charge in [0, 0.05) is 16.0 Å². The number of halogens is 1. The summed E-state index contributed by atoms with van der Waals surface area (Å²) in [6, 6.07) is 19.8. The van der Waals surface area contributed by atoms with E-state index in [1.165, 1.54) is 0 Å². The number of para-hydroxylation sites is 1. The summed E-state index contributed by atoms with van der Waals surface area (Å²) in [5.41, 5.74) is 5.07. The van der Waals surface area contributed by atoms with Gasteiger partial charge in [-0.1, -0.05) is 48.0 Å². The van der Waals surface area contributed by atoms with Gasteiger partial charge in [0.2, 0.25) is 0 Å². The number of nitrogens with zero attached hydrogens (tertiary/aromatic N) is 1. The summed E-state index contributed by atoms with van der Waals surface area (Å²) >= 11 is 6.00. The Morgan fingerprint density at radius 3 is 2.54 bits per heavy atom. The van der Waals surface area contributed by atoms with E-state index >= 15 is 0 Å². The third-order valence-electron chi connectivity index (χ3n) is 6.38. The van der Waals surface area contributed by atoms with Gasteiger partial charge in [-0.3, -0.25) is 4.79 Å². The number of ketones is 1. The summed E-state index contributed by atoms with van der Waals surface area (Å²) in [4.78, 5) is 30.9. The predicted octanol–water partition coefficient (Wildman–Crippen LogP) is 6.43. The molecule has 7 heteroatoms. The molecule has 0 aliphatic heterocycles. The highest BCUT2D eigenvalue weighted by atomic mass is 35.5. The van der Waals surface area contributed by atoms with Gasteiger partial charge in [0.25, 0.3) is 0 Å². The van der Waals surface area contributed by atoms with Crippen molar-refractivity contribution in [2.45, 2.75) is 12.8 Å². The lowest BCUT2D eigenvalue weighted by molar-refractivity contribution is 0.0475. The van der Waals surface area contributed by atoms with Gasteiger partial charge in [-0.2, -0.15) is 0 Å². The molecular weight excluding hydrogens is 490 g/mol. The normalized spacial score (nSPS) is 13.4. The molecule has 1 aromatic heterocycles. The Balaban J connectivity index is 1.49. The molecule has 0 unspecified atom stereocenters. The smallest absolute Gasteiger partial charge is 0.339 e. The molecule has 0 N–H and O–H groups in total. The summed E-state index contributed by atoms with van der Waals surface area (Å²) in [7, 11) is 3.20. The standard InChI is InChI=1S/C30H24ClNO5/c1-35-26-13-10-18(15-27(26)36-2)14-20-11-12-23-28(22-8-3-4-9-24(22)32-29(20)23)30(34)37-17-25(33)19-6-5-7-21(31)16-19/h3-10,13-16H,11-12,17H2,1-2H3/b20-14-. The number of rotatable bonds is 7. The first-order valence-electron chi connectivity index (χ1n) is 11.8. The van der Waals surface area contributed by atoms with Crippen molar-refractivity contribution < 1.29 is 23.8 Å². The fourth-order valence-corrected chi connectivity index (χ4v) is 4.79. The minimum absolute atomic E-state index is 0.320. The van der Waals surface area contributed by atoms with Crippen LogP contribution in [0, 0.1) is 0 Å². The van der Waals surface area contributed by atoms with E-state index in [2.05, 4.69) is 0 Å². The van der Waals surface area contributed by atoms with Gasteiger partial charge >= 0.3 is 5.97 Å². The molecule has 4 aromatic rings. The van der Waals surface area contributed by atoms with Gasteiger partial charge in [0.05, 0.1) is 31.0 Å². The SMILES string of the molecule is COc1ccc(/C=C2/CCc3c2nc2ccccc2c3C(=O)OCC(=O)c2cccc(Cl)c2)cc1OC. The molecule has 6 nitrogen and oxygen atoms in total. The lowest BCUT2D eigenvalue weighted by Gasteiger charge is -2.12. The number of benzene rings is 3. The number of hydrogen-bond donors (Lipinski definition) is 0. The Hall–Kier alpha value is -4.16.